The second-order valence-corrected chi connectivity index (χ2v) is 8.52. The molecule has 1 aromatic heterocycles. The van der Waals surface area contributed by atoms with E-state index in [1.165, 1.54) is 25.6 Å². The highest BCUT2D eigenvalue weighted by atomic mass is 32.1. The molecule has 1 amide bonds. The van der Waals surface area contributed by atoms with Crippen LogP contribution >= 0.6 is 11.3 Å². The lowest BCUT2D eigenvalue weighted by molar-refractivity contribution is -0.136. The van der Waals surface area contributed by atoms with Crippen LogP contribution in [0.1, 0.15) is 26.7 Å². The number of thiophene rings is 1. The molecule has 7 heteroatoms. The molecule has 27 heavy (non-hydrogen) atoms. The van der Waals surface area contributed by atoms with Crippen molar-refractivity contribution in [3.8, 4) is 0 Å². The second kappa shape index (κ2) is 8.54. The molecule has 5 nitrogen and oxygen atoms in total. The molecule has 2 aromatic rings. The Labute approximate surface area is 163 Å². The maximum absolute atomic E-state index is 13.4. The molecule has 0 spiro atoms. The minimum absolute atomic E-state index is 0.181. The molecule has 0 unspecified atom stereocenters. The van der Waals surface area contributed by atoms with Crippen molar-refractivity contribution in [1.29, 1.82) is 0 Å². The van der Waals surface area contributed by atoms with E-state index < -0.39 is 5.60 Å². The first kappa shape index (κ1) is 20.0. The molecule has 2 N–H and O–H groups in total. The van der Waals surface area contributed by atoms with Crippen molar-refractivity contribution in [1.82, 2.24) is 10.2 Å². The first-order valence-corrected chi connectivity index (χ1v) is 10.4. The van der Waals surface area contributed by atoms with E-state index in [0.29, 0.717) is 6.54 Å². The monoisotopic (exact) mass is 393 g/mol. The van der Waals surface area contributed by atoms with Gasteiger partial charge in [0, 0.05) is 48.2 Å². The van der Waals surface area contributed by atoms with E-state index in [9.17, 15) is 14.3 Å². The molecule has 3 rings (SSSR count). The van der Waals surface area contributed by atoms with Crippen LogP contribution in [0.15, 0.2) is 23.6 Å². The molecule has 0 radical (unpaired) electrons. The standard InChI is InChI=1S/C20H28FN3O2S/c1-20(2,26)19(25)22-7-3-4-8-23-9-11-24(12-10-23)17-14-27-18-13-15(21)5-6-16(17)18/h5-6,13-14,26H,3-4,7-12H2,1-2H3,(H,22,25). The number of hydrogen-bond acceptors (Lipinski definition) is 5. The average molecular weight is 394 g/mol. The molecule has 0 atom stereocenters. The largest absolute Gasteiger partial charge is 0.381 e. The summed E-state index contributed by atoms with van der Waals surface area (Å²) in [6.07, 6.45) is 1.93. The second-order valence-electron chi connectivity index (χ2n) is 7.61. The van der Waals surface area contributed by atoms with Gasteiger partial charge in [-0.3, -0.25) is 9.69 Å². The molecule has 1 aliphatic rings. The number of hydrogen-bond donors (Lipinski definition) is 2. The summed E-state index contributed by atoms with van der Waals surface area (Å²) in [6, 6.07) is 5.02. The summed E-state index contributed by atoms with van der Waals surface area (Å²) >= 11 is 1.60. The van der Waals surface area contributed by atoms with Gasteiger partial charge >= 0.3 is 0 Å². The number of fused-ring (bicyclic) bond motifs is 1. The van der Waals surface area contributed by atoms with E-state index in [-0.39, 0.29) is 11.7 Å². The fraction of sp³-hybridized carbons (Fsp3) is 0.550. The van der Waals surface area contributed by atoms with Gasteiger partial charge in [-0.2, -0.15) is 0 Å². The number of piperazine rings is 1. The third kappa shape index (κ3) is 5.18. The zero-order valence-electron chi connectivity index (χ0n) is 16.0. The predicted octanol–water partition coefficient (Wildman–Crippen LogP) is 2.83. The summed E-state index contributed by atoms with van der Waals surface area (Å²) in [4.78, 5) is 16.4. The molecule has 1 aliphatic heterocycles. The van der Waals surface area contributed by atoms with Crippen LogP contribution < -0.4 is 10.2 Å². The van der Waals surface area contributed by atoms with Gasteiger partial charge in [0.2, 0.25) is 0 Å². The van der Waals surface area contributed by atoms with Crippen LogP contribution in [0.2, 0.25) is 0 Å². The van der Waals surface area contributed by atoms with Crippen LogP contribution in [0.25, 0.3) is 10.1 Å². The number of amides is 1. The van der Waals surface area contributed by atoms with E-state index in [2.05, 4.69) is 20.5 Å². The Kier molecular flexibility index (Phi) is 6.34. The lowest BCUT2D eigenvalue weighted by Gasteiger charge is -2.36. The van der Waals surface area contributed by atoms with E-state index in [1.807, 2.05) is 6.07 Å². The Bertz CT molecular complexity index is 779. The van der Waals surface area contributed by atoms with Gasteiger partial charge in [-0.15, -0.1) is 11.3 Å². The molecule has 0 bridgehead atoms. The van der Waals surface area contributed by atoms with Gasteiger partial charge in [-0.1, -0.05) is 0 Å². The zero-order valence-corrected chi connectivity index (χ0v) is 16.8. The quantitative estimate of drug-likeness (QED) is 0.711. The van der Waals surface area contributed by atoms with Gasteiger partial charge in [0.1, 0.15) is 11.4 Å². The van der Waals surface area contributed by atoms with Gasteiger partial charge in [0.25, 0.3) is 5.91 Å². The normalized spacial score (nSPS) is 16.1. The van der Waals surface area contributed by atoms with Crippen LogP contribution in [0, 0.1) is 5.82 Å². The van der Waals surface area contributed by atoms with Crippen molar-refractivity contribution in [2.75, 3.05) is 44.2 Å². The number of rotatable bonds is 7. The Hall–Kier alpha value is -1.70. The molecule has 0 saturated carbocycles. The van der Waals surface area contributed by atoms with Crippen molar-refractivity contribution < 1.29 is 14.3 Å². The van der Waals surface area contributed by atoms with Crippen LogP contribution in [0.5, 0.6) is 0 Å². The molecule has 148 valence electrons. The number of carbonyl (C=O) groups excluding carboxylic acids is 1. The third-order valence-corrected chi connectivity index (χ3v) is 5.91. The fourth-order valence-electron chi connectivity index (χ4n) is 3.32. The smallest absolute Gasteiger partial charge is 0.251 e. The first-order chi connectivity index (χ1) is 12.8. The Morgan fingerprint density at radius 1 is 1.26 bits per heavy atom. The minimum Gasteiger partial charge on any atom is -0.381 e. The number of benzene rings is 1. The predicted molar refractivity (Wildman–Crippen MR) is 109 cm³/mol. The molecular formula is C20H28FN3O2S. The summed E-state index contributed by atoms with van der Waals surface area (Å²) in [7, 11) is 0. The van der Waals surface area contributed by atoms with Crippen molar-refractivity contribution in [2.45, 2.75) is 32.3 Å². The van der Waals surface area contributed by atoms with Crippen molar-refractivity contribution in [3.05, 3.63) is 29.4 Å². The summed E-state index contributed by atoms with van der Waals surface area (Å²) in [5, 5.41) is 15.6. The maximum Gasteiger partial charge on any atom is 0.251 e. The molecule has 0 aliphatic carbocycles. The van der Waals surface area contributed by atoms with Crippen LogP contribution in [0.3, 0.4) is 0 Å². The number of unbranched alkanes of at least 4 members (excludes halogenated alkanes) is 1. The van der Waals surface area contributed by atoms with Crippen molar-refractivity contribution >= 4 is 33.0 Å². The van der Waals surface area contributed by atoms with Crippen molar-refractivity contribution in [2.24, 2.45) is 0 Å². The highest BCUT2D eigenvalue weighted by molar-refractivity contribution is 7.17. The average Bonchev–Trinajstić information content (AvgIpc) is 3.04. The lowest BCUT2D eigenvalue weighted by Crippen LogP contribution is -2.46. The summed E-state index contributed by atoms with van der Waals surface area (Å²) in [6.45, 7) is 8.56. The van der Waals surface area contributed by atoms with Gasteiger partial charge in [0.15, 0.2) is 0 Å². The fourth-order valence-corrected chi connectivity index (χ4v) is 4.32. The van der Waals surface area contributed by atoms with E-state index in [1.54, 1.807) is 17.4 Å². The minimum atomic E-state index is -1.31. The SMILES string of the molecule is CC(C)(O)C(=O)NCCCCN1CCN(c2csc3cc(F)ccc23)CC1. The van der Waals surface area contributed by atoms with E-state index in [4.69, 9.17) is 0 Å². The highest BCUT2D eigenvalue weighted by Gasteiger charge is 2.23. The number of aliphatic hydroxyl groups is 1. The third-order valence-electron chi connectivity index (χ3n) is 4.97. The summed E-state index contributed by atoms with van der Waals surface area (Å²) in [5.74, 6) is -0.501. The molecule has 1 aromatic carbocycles. The van der Waals surface area contributed by atoms with Gasteiger partial charge in [-0.05, 0) is 51.4 Å². The van der Waals surface area contributed by atoms with Crippen LogP contribution in [0.4, 0.5) is 10.1 Å². The van der Waals surface area contributed by atoms with Crippen LogP contribution in [-0.2, 0) is 4.79 Å². The topological polar surface area (TPSA) is 55.8 Å². The van der Waals surface area contributed by atoms with Gasteiger partial charge in [-0.25, -0.2) is 4.39 Å². The highest BCUT2D eigenvalue weighted by Crippen LogP contribution is 2.33. The van der Waals surface area contributed by atoms with E-state index >= 15 is 0 Å². The molecule has 2 heterocycles. The van der Waals surface area contributed by atoms with Gasteiger partial charge in [0.05, 0.1) is 5.69 Å². The Morgan fingerprint density at radius 3 is 2.70 bits per heavy atom. The number of nitrogens with zero attached hydrogens (tertiary/aromatic N) is 2. The number of anilines is 1. The molecule has 1 fully saturated rings. The maximum atomic E-state index is 13.4. The summed E-state index contributed by atoms with van der Waals surface area (Å²) < 4.78 is 14.4. The Morgan fingerprint density at radius 2 is 2.00 bits per heavy atom. The molecular weight excluding hydrogens is 365 g/mol. The number of carbonyl (C=O) groups is 1. The summed E-state index contributed by atoms with van der Waals surface area (Å²) in [5.41, 5.74) is -0.0996. The van der Waals surface area contributed by atoms with E-state index in [0.717, 1.165) is 55.7 Å². The molecule has 1 saturated heterocycles. The number of nitrogens with one attached hydrogen (secondary N) is 1. The van der Waals surface area contributed by atoms with Crippen molar-refractivity contribution in [3.63, 3.8) is 0 Å². The van der Waals surface area contributed by atoms with Gasteiger partial charge < -0.3 is 15.3 Å². The lowest BCUT2D eigenvalue weighted by atomic mass is 10.1. The Balaban J connectivity index is 1.39. The zero-order chi connectivity index (χ0) is 19.4. The number of halogens is 1. The first-order valence-electron chi connectivity index (χ1n) is 9.49. The van der Waals surface area contributed by atoms with Crippen LogP contribution in [-0.4, -0.2) is 60.8 Å².